The molecular weight excluding hydrogens is 222 g/mol. The van der Waals surface area contributed by atoms with Crippen molar-refractivity contribution >= 4 is 0 Å². The number of ether oxygens (including phenoxy) is 1. The smallest absolute Gasteiger partial charge is 0.122 e. The molecule has 2 nitrogen and oxygen atoms in total. The summed E-state index contributed by atoms with van der Waals surface area (Å²) in [6, 6.07) is 14.3. The first kappa shape index (κ1) is 12.7. The first-order chi connectivity index (χ1) is 8.70. The molecule has 0 aliphatic rings. The Bertz CT molecular complexity index is 534. The quantitative estimate of drug-likeness (QED) is 0.891. The summed E-state index contributed by atoms with van der Waals surface area (Å²) in [6.07, 6.45) is 0. The highest BCUT2D eigenvalue weighted by atomic mass is 16.5. The first-order valence-corrected chi connectivity index (χ1v) is 6.17. The van der Waals surface area contributed by atoms with Gasteiger partial charge in [-0.2, -0.15) is 0 Å². The third-order valence-electron chi connectivity index (χ3n) is 3.18. The fourth-order valence-corrected chi connectivity index (χ4v) is 1.89. The summed E-state index contributed by atoms with van der Waals surface area (Å²) in [5, 5.41) is 0. The van der Waals surface area contributed by atoms with Crippen LogP contribution in [0.15, 0.2) is 42.5 Å². The molecule has 0 aromatic heterocycles. The maximum absolute atomic E-state index is 5.86. The van der Waals surface area contributed by atoms with E-state index in [-0.39, 0.29) is 0 Å². The van der Waals surface area contributed by atoms with Crippen molar-refractivity contribution < 1.29 is 4.74 Å². The van der Waals surface area contributed by atoms with Gasteiger partial charge in [0.2, 0.25) is 0 Å². The number of benzene rings is 2. The van der Waals surface area contributed by atoms with Crippen molar-refractivity contribution in [1.29, 1.82) is 0 Å². The maximum Gasteiger partial charge on any atom is 0.122 e. The van der Waals surface area contributed by atoms with Crippen LogP contribution in [0, 0.1) is 13.8 Å². The molecule has 0 radical (unpaired) electrons. The molecular formula is C16H19NO. The Morgan fingerprint density at radius 3 is 2.50 bits per heavy atom. The first-order valence-electron chi connectivity index (χ1n) is 6.17. The zero-order valence-corrected chi connectivity index (χ0v) is 10.9. The number of hydrogen-bond donors (Lipinski definition) is 1. The summed E-state index contributed by atoms with van der Waals surface area (Å²) in [5.74, 6) is 0.952. The lowest BCUT2D eigenvalue weighted by molar-refractivity contribution is 0.304. The van der Waals surface area contributed by atoms with Crippen LogP contribution in [0.25, 0.3) is 0 Å². The monoisotopic (exact) mass is 241 g/mol. The zero-order chi connectivity index (χ0) is 13.0. The number of nitrogens with two attached hydrogens (primary N) is 1. The van der Waals surface area contributed by atoms with Crippen molar-refractivity contribution in [1.82, 2.24) is 0 Å². The summed E-state index contributed by atoms with van der Waals surface area (Å²) in [6.45, 7) is 5.33. The van der Waals surface area contributed by atoms with E-state index >= 15 is 0 Å². The van der Waals surface area contributed by atoms with Crippen LogP contribution >= 0.6 is 0 Å². The molecule has 0 saturated heterocycles. The van der Waals surface area contributed by atoms with E-state index in [4.69, 9.17) is 10.5 Å². The van der Waals surface area contributed by atoms with Crippen molar-refractivity contribution in [3.63, 3.8) is 0 Å². The normalized spacial score (nSPS) is 10.4. The molecule has 18 heavy (non-hydrogen) atoms. The van der Waals surface area contributed by atoms with Gasteiger partial charge in [0.1, 0.15) is 12.4 Å². The molecule has 0 fully saturated rings. The second-order valence-corrected chi connectivity index (χ2v) is 4.51. The standard InChI is InChI=1S/C16H19NO/c1-12-5-3-8-16(13(12)2)18-11-15-7-4-6-14(9-15)10-17/h3-9H,10-11,17H2,1-2H3. The Morgan fingerprint density at radius 2 is 1.72 bits per heavy atom. The van der Waals surface area contributed by atoms with E-state index in [9.17, 15) is 0 Å². The van der Waals surface area contributed by atoms with Gasteiger partial charge >= 0.3 is 0 Å². The summed E-state index contributed by atoms with van der Waals surface area (Å²) in [4.78, 5) is 0. The summed E-state index contributed by atoms with van der Waals surface area (Å²) < 4.78 is 5.86. The minimum Gasteiger partial charge on any atom is -0.489 e. The van der Waals surface area contributed by atoms with Crippen molar-refractivity contribution in [3.8, 4) is 5.75 Å². The molecule has 0 atom stereocenters. The molecule has 0 spiro atoms. The van der Waals surface area contributed by atoms with Gasteiger partial charge in [0.25, 0.3) is 0 Å². The van der Waals surface area contributed by atoms with Gasteiger partial charge in [-0.3, -0.25) is 0 Å². The lowest BCUT2D eigenvalue weighted by Gasteiger charge is -2.11. The van der Waals surface area contributed by atoms with Gasteiger partial charge in [-0.25, -0.2) is 0 Å². The van der Waals surface area contributed by atoms with E-state index in [0.717, 1.165) is 16.9 Å². The van der Waals surface area contributed by atoms with Crippen LogP contribution in [0.4, 0.5) is 0 Å². The molecule has 0 heterocycles. The molecule has 0 aliphatic heterocycles. The van der Waals surface area contributed by atoms with E-state index in [2.05, 4.69) is 32.0 Å². The molecule has 0 aliphatic carbocycles. The fourth-order valence-electron chi connectivity index (χ4n) is 1.89. The fraction of sp³-hybridized carbons (Fsp3) is 0.250. The molecule has 0 unspecified atom stereocenters. The highest BCUT2D eigenvalue weighted by Crippen LogP contribution is 2.21. The Labute approximate surface area is 108 Å². The van der Waals surface area contributed by atoms with Crippen molar-refractivity contribution in [2.24, 2.45) is 5.73 Å². The molecule has 0 amide bonds. The van der Waals surface area contributed by atoms with E-state index < -0.39 is 0 Å². The van der Waals surface area contributed by atoms with E-state index in [1.165, 1.54) is 11.1 Å². The summed E-state index contributed by atoms with van der Waals surface area (Å²) >= 11 is 0. The number of hydrogen-bond acceptors (Lipinski definition) is 2. The van der Waals surface area contributed by atoms with Crippen LogP contribution in [0.1, 0.15) is 22.3 Å². The third kappa shape index (κ3) is 2.90. The Morgan fingerprint density at radius 1 is 1.00 bits per heavy atom. The average molecular weight is 241 g/mol. The number of rotatable bonds is 4. The molecule has 2 aromatic rings. The SMILES string of the molecule is Cc1cccc(OCc2cccc(CN)c2)c1C. The third-order valence-corrected chi connectivity index (χ3v) is 3.18. The lowest BCUT2D eigenvalue weighted by atomic mass is 10.1. The molecule has 94 valence electrons. The number of aryl methyl sites for hydroxylation is 1. The molecule has 2 aromatic carbocycles. The van der Waals surface area contributed by atoms with Crippen LogP contribution < -0.4 is 10.5 Å². The minimum atomic E-state index is 0.567. The van der Waals surface area contributed by atoms with Gasteiger partial charge in [0, 0.05) is 6.54 Å². The van der Waals surface area contributed by atoms with Crippen LogP contribution in [0.5, 0.6) is 5.75 Å². The van der Waals surface area contributed by atoms with E-state index in [0.29, 0.717) is 13.2 Å². The van der Waals surface area contributed by atoms with Gasteiger partial charge in [-0.05, 0) is 42.2 Å². The van der Waals surface area contributed by atoms with Crippen molar-refractivity contribution in [2.45, 2.75) is 27.0 Å². The second-order valence-electron chi connectivity index (χ2n) is 4.51. The summed E-state index contributed by atoms with van der Waals surface area (Å²) in [5.41, 5.74) is 10.4. The largest absolute Gasteiger partial charge is 0.489 e. The molecule has 2 N–H and O–H groups in total. The lowest BCUT2D eigenvalue weighted by Crippen LogP contribution is -2.01. The highest BCUT2D eigenvalue weighted by molar-refractivity contribution is 5.38. The van der Waals surface area contributed by atoms with Crippen LogP contribution in [0.2, 0.25) is 0 Å². The maximum atomic E-state index is 5.86. The topological polar surface area (TPSA) is 35.2 Å². The second kappa shape index (κ2) is 5.69. The molecule has 2 rings (SSSR count). The highest BCUT2D eigenvalue weighted by Gasteiger charge is 2.02. The van der Waals surface area contributed by atoms with Gasteiger partial charge in [-0.15, -0.1) is 0 Å². The van der Waals surface area contributed by atoms with Crippen LogP contribution in [-0.4, -0.2) is 0 Å². The predicted molar refractivity (Wildman–Crippen MR) is 74.6 cm³/mol. The minimum absolute atomic E-state index is 0.567. The Kier molecular flexibility index (Phi) is 4.00. The van der Waals surface area contributed by atoms with E-state index in [1.54, 1.807) is 0 Å². The summed E-state index contributed by atoms with van der Waals surface area (Å²) in [7, 11) is 0. The van der Waals surface area contributed by atoms with Crippen LogP contribution in [0.3, 0.4) is 0 Å². The van der Waals surface area contributed by atoms with Gasteiger partial charge in [-0.1, -0.05) is 36.4 Å². The molecule has 2 heteroatoms. The van der Waals surface area contributed by atoms with Crippen LogP contribution in [-0.2, 0) is 13.2 Å². The van der Waals surface area contributed by atoms with E-state index in [1.807, 2.05) is 24.3 Å². The van der Waals surface area contributed by atoms with Crippen molar-refractivity contribution in [2.75, 3.05) is 0 Å². The van der Waals surface area contributed by atoms with Crippen molar-refractivity contribution in [3.05, 3.63) is 64.7 Å². The van der Waals surface area contributed by atoms with Gasteiger partial charge in [0.15, 0.2) is 0 Å². The van der Waals surface area contributed by atoms with Gasteiger partial charge < -0.3 is 10.5 Å². The average Bonchev–Trinajstić information content (AvgIpc) is 2.41. The Balaban J connectivity index is 2.09. The predicted octanol–water partition coefficient (Wildman–Crippen LogP) is 3.34. The van der Waals surface area contributed by atoms with Gasteiger partial charge in [0.05, 0.1) is 0 Å². The molecule has 0 bridgehead atoms. The molecule has 0 saturated carbocycles. The Hall–Kier alpha value is -1.80. The zero-order valence-electron chi connectivity index (χ0n) is 10.9.